The van der Waals surface area contributed by atoms with E-state index in [4.69, 9.17) is 13.7 Å². The van der Waals surface area contributed by atoms with E-state index in [0.717, 1.165) is 22.2 Å². The van der Waals surface area contributed by atoms with Gasteiger partial charge >= 0.3 is 0 Å². The quantitative estimate of drug-likeness (QED) is 0.129. The van der Waals surface area contributed by atoms with Gasteiger partial charge in [-0.05, 0) is 77.6 Å². The molecule has 47 heavy (non-hydrogen) atoms. The first-order valence-electron chi connectivity index (χ1n) is 15.1. The van der Waals surface area contributed by atoms with Crippen LogP contribution in [0.2, 0.25) is 0 Å². The summed E-state index contributed by atoms with van der Waals surface area (Å²) in [4.78, 5) is 30.9. The average Bonchev–Trinajstić information content (AvgIpc) is 3.47. The zero-order chi connectivity index (χ0) is 33.6. The van der Waals surface area contributed by atoms with Crippen molar-refractivity contribution < 1.29 is 31.7 Å². The number of amides is 2. The van der Waals surface area contributed by atoms with Crippen molar-refractivity contribution in [3.63, 3.8) is 0 Å². The Morgan fingerprint density at radius 3 is 2.34 bits per heavy atom. The molecule has 10 nitrogen and oxygen atoms in total. The molecule has 0 aliphatic heterocycles. The Bertz CT molecular complexity index is 1930. The van der Waals surface area contributed by atoms with Crippen LogP contribution in [0.25, 0.3) is 22.6 Å². The second-order valence-corrected chi connectivity index (χ2v) is 14.0. The zero-order valence-corrected chi connectivity index (χ0v) is 27.2. The van der Waals surface area contributed by atoms with Crippen molar-refractivity contribution in [2.45, 2.75) is 33.1 Å². The monoisotopic (exact) mass is 655 g/mol. The van der Waals surface area contributed by atoms with Crippen LogP contribution in [0.1, 0.15) is 48.2 Å². The molecule has 0 spiro atoms. The van der Waals surface area contributed by atoms with Crippen LogP contribution in [-0.2, 0) is 21.3 Å². The lowest BCUT2D eigenvalue weighted by Gasteiger charge is -2.20. The van der Waals surface area contributed by atoms with Crippen LogP contribution < -0.4 is 15.4 Å². The third-order valence-corrected chi connectivity index (χ3v) is 7.96. The van der Waals surface area contributed by atoms with E-state index in [2.05, 4.69) is 36.4 Å². The number of para-hydroxylation sites is 2. The molecule has 4 aromatic carbocycles. The lowest BCUT2D eigenvalue weighted by atomic mass is 9.90. The number of carbonyl (C=O) groups excluding carboxylic acids is 2. The van der Waals surface area contributed by atoms with Crippen molar-refractivity contribution >= 4 is 38.7 Å². The summed E-state index contributed by atoms with van der Waals surface area (Å²) in [6.45, 7) is 6.60. The Kier molecular flexibility index (Phi) is 10.1. The number of oxazole rings is 1. The van der Waals surface area contributed by atoms with E-state index in [0.29, 0.717) is 41.5 Å². The SMILES string of the molecule is CC(C)(C)COc1ccc(C(Cc2ccc(C(=O)NCCS(=O)(=O)O)cc2)C(=O)Nc2cccc(-c3nc4ccccc4o3)c2)cc1. The molecular formula is C36H37N3O7S. The highest BCUT2D eigenvalue weighted by Gasteiger charge is 2.23. The number of hydrogen-bond acceptors (Lipinski definition) is 7. The largest absolute Gasteiger partial charge is 0.493 e. The number of aromatic nitrogens is 1. The molecule has 1 unspecified atom stereocenters. The molecule has 0 radical (unpaired) electrons. The fourth-order valence-electron chi connectivity index (χ4n) is 4.84. The van der Waals surface area contributed by atoms with Crippen LogP contribution in [0.15, 0.2) is 101 Å². The van der Waals surface area contributed by atoms with Crippen molar-refractivity contribution in [2.75, 3.05) is 24.2 Å². The summed E-state index contributed by atoms with van der Waals surface area (Å²) in [6.07, 6.45) is 0.337. The summed E-state index contributed by atoms with van der Waals surface area (Å²) in [7, 11) is -4.18. The molecule has 5 aromatic rings. The fourth-order valence-corrected chi connectivity index (χ4v) is 5.20. The van der Waals surface area contributed by atoms with Crippen LogP contribution in [0.5, 0.6) is 5.75 Å². The first-order valence-corrected chi connectivity index (χ1v) is 16.8. The topological polar surface area (TPSA) is 148 Å². The van der Waals surface area contributed by atoms with Crippen molar-refractivity contribution in [3.8, 4) is 17.2 Å². The fraction of sp³-hybridized carbons (Fsp3) is 0.250. The molecule has 0 fully saturated rings. The third kappa shape index (κ3) is 9.50. The second kappa shape index (κ2) is 14.2. The molecule has 0 aliphatic carbocycles. The van der Waals surface area contributed by atoms with Gasteiger partial charge in [0, 0.05) is 23.4 Å². The number of benzene rings is 4. The number of hydrogen-bond donors (Lipinski definition) is 3. The van der Waals surface area contributed by atoms with Crippen molar-refractivity contribution in [3.05, 3.63) is 114 Å². The predicted octanol–water partition coefficient (Wildman–Crippen LogP) is 6.50. The molecule has 1 heterocycles. The molecule has 244 valence electrons. The number of nitrogens with one attached hydrogen (secondary N) is 2. The van der Waals surface area contributed by atoms with Gasteiger partial charge < -0.3 is 19.8 Å². The minimum Gasteiger partial charge on any atom is -0.493 e. The summed E-state index contributed by atoms with van der Waals surface area (Å²) in [5, 5.41) is 5.53. The maximum absolute atomic E-state index is 13.9. The van der Waals surface area contributed by atoms with E-state index in [1.54, 1.807) is 30.3 Å². The summed E-state index contributed by atoms with van der Waals surface area (Å²) in [5.41, 5.74) is 4.64. The highest BCUT2D eigenvalue weighted by Crippen LogP contribution is 2.29. The lowest BCUT2D eigenvalue weighted by molar-refractivity contribution is -0.117. The minimum absolute atomic E-state index is 0.00682. The van der Waals surface area contributed by atoms with E-state index in [1.807, 2.05) is 66.7 Å². The standard InChI is InChI=1S/C36H37N3O7S/c1-36(2,3)23-45-29-17-15-25(16-18-29)30(21-24-11-13-26(14-12-24)33(40)37-19-20-47(42,43)44)34(41)38-28-8-6-7-27(22-28)35-39-31-9-4-5-10-32(31)46-35/h4-18,22,30H,19-21,23H2,1-3H3,(H,37,40)(H,38,41)(H,42,43,44). The first-order chi connectivity index (χ1) is 22.3. The molecule has 3 N–H and O–H groups in total. The van der Waals surface area contributed by atoms with E-state index in [9.17, 15) is 18.0 Å². The summed E-state index contributed by atoms with van der Waals surface area (Å²) >= 11 is 0. The number of rotatable bonds is 12. The van der Waals surface area contributed by atoms with Crippen molar-refractivity contribution in [1.82, 2.24) is 10.3 Å². The maximum atomic E-state index is 13.9. The highest BCUT2D eigenvalue weighted by molar-refractivity contribution is 7.85. The van der Waals surface area contributed by atoms with Gasteiger partial charge in [0.1, 0.15) is 11.3 Å². The number of ether oxygens (including phenoxy) is 1. The van der Waals surface area contributed by atoms with Gasteiger partial charge in [-0.2, -0.15) is 8.42 Å². The van der Waals surface area contributed by atoms with Gasteiger partial charge in [0.2, 0.25) is 11.8 Å². The van der Waals surface area contributed by atoms with Gasteiger partial charge in [0.15, 0.2) is 5.58 Å². The van der Waals surface area contributed by atoms with Gasteiger partial charge in [0.05, 0.1) is 18.3 Å². The van der Waals surface area contributed by atoms with E-state index < -0.39 is 27.7 Å². The normalized spacial score (nSPS) is 12.4. The lowest BCUT2D eigenvalue weighted by Crippen LogP contribution is -2.28. The Balaban J connectivity index is 1.35. The smallest absolute Gasteiger partial charge is 0.266 e. The maximum Gasteiger partial charge on any atom is 0.266 e. The van der Waals surface area contributed by atoms with Gasteiger partial charge in [-0.1, -0.05) is 63.2 Å². The van der Waals surface area contributed by atoms with E-state index >= 15 is 0 Å². The third-order valence-electron chi connectivity index (χ3n) is 7.24. The van der Waals surface area contributed by atoms with Crippen LogP contribution in [0.3, 0.4) is 0 Å². The number of nitrogens with zero attached hydrogens (tertiary/aromatic N) is 1. The predicted molar refractivity (Wildman–Crippen MR) is 181 cm³/mol. The molecule has 1 aromatic heterocycles. The van der Waals surface area contributed by atoms with Gasteiger partial charge in [0.25, 0.3) is 16.0 Å². The Morgan fingerprint density at radius 1 is 0.936 bits per heavy atom. The Morgan fingerprint density at radius 2 is 1.66 bits per heavy atom. The molecule has 0 bridgehead atoms. The molecule has 0 saturated carbocycles. The first kappa shape index (κ1) is 33.4. The molecular weight excluding hydrogens is 618 g/mol. The molecule has 0 aliphatic rings. The number of anilines is 1. The molecule has 2 amide bonds. The van der Waals surface area contributed by atoms with Gasteiger partial charge in [-0.15, -0.1) is 0 Å². The summed E-state index contributed by atoms with van der Waals surface area (Å²) in [5.74, 6) is -0.709. The zero-order valence-electron chi connectivity index (χ0n) is 26.4. The minimum atomic E-state index is -4.18. The molecule has 5 rings (SSSR count). The molecule has 0 saturated heterocycles. The van der Waals surface area contributed by atoms with Crippen LogP contribution in [0.4, 0.5) is 5.69 Å². The highest BCUT2D eigenvalue weighted by atomic mass is 32.2. The van der Waals surface area contributed by atoms with Crippen molar-refractivity contribution in [2.24, 2.45) is 5.41 Å². The number of fused-ring (bicyclic) bond motifs is 1. The molecule has 1 atom stereocenters. The summed E-state index contributed by atoms with van der Waals surface area (Å²) < 4.78 is 42.7. The van der Waals surface area contributed by atoms with Crippen LogP contribution in [0, 0.1) is 5.41 Å². The average molecular weight is 656 g/mol. The Hall–Kier alpha value is -5.00. The Labute approximate surface area is 273 Å². The number of carbonyl (C=O) groups is 2. The summed E-state index contributed by atoms with van der Waals surface area (Å²) in [6, 6.07) is 29.0. The van der Waals surface area contributed by atoms with Crippen LogP contribution >= 0.6 is 0 Å². The second-order valence-electron chi connectivity index (χ2n) is 12.5. The van der Waals surface area contributed by atoms with Gasteiger partial charge in [-0.25, -0.2) is 4.98 Å². The van der Waals surface area contributed by atoms with E-state index in [-0.39, 0.29) is 17.9 Å². The van der Waals surface area contributed by atoms with Crippen LogP contribution in [-0.4, -0.2) is 48.7 Å². The van der Waals surface area contributed by atoms with Crippen molar-refractivity contribution in [1.29, 1.82) is 0 Å². The van der Waals surface area contributed by atoms with Gasteiger partial charge in [-0.3, -0.25) is 14.1 Å². The molecule has 11 heteroatoms. The van der Waals surface area contributed by atoms with E-state index in [1.165, 1.54) is 0 Å².